The van der Waals surface area contributed by atoms with E-state index >= 15 is 0 Å². The molecule has 0 atom stereocenters. The summed E-state index contributed by atoms with van der Waals surface area (Å²) in [7, 11) is 2.00. The molecule has 1 fully saturated rings. The predicted molar refractivity (Wildman–Crippen MR) is 111 cm³/mol. The molecule has 3 rings (SSSR count). The van der Waals surface area contributed by atoms with E-state index in [-0.39, 0.29) is 5.91 Å². The Labute approximate surface area is 166 Å². The quantitative estimate of drug-likeness (QED) is 0.702. The van der Waals surface area contributed by atoms with Gasteiger partial charge in [0.15, 0.2) is 5.16 Å². The minimum absolute atomic E-state index is 0.0135. The Hall–Kier alpha value is -1.82. The minimum Gasteiger partial charge on any atom is -0.325 e. The molecule has 1 aliphatic rings. The number of carbonyl (C=O) groups excluding carboxylic acids is 1. The first-order valence-corrected chi connectivity index (χ1v) is 10.9. The van der Waals surface area contributed by atoms with Gasteiger partial charge in [0.1, 0.15) is 5.82 Å². The summed E-state index contributed by atoms with van der Waals surface area (Å²) in [6.45, 7) is 4.08. The highest BCUT2D eigenvalue weighted by molar-refractivity contribution is 7.99. The molecule has 1 amide bonds. The summed E-state index contributed by atoms with van der Waals surface area (Å²) >= 11 is 1.44. The van der Waals surface area contributed by atoms with E-state index in [1.165, 1.54) is 55.9 Å². The highest BCUT2D eigenvalue weighted by Gasteiger charge is 2.16. The highest BCUT2D eigenvalue weighted by atomic mass is 32.2. The molecule has 1 aromatic heterocycles. The number of anilines is 1. The number of thioether (sulfide) groups is 1. The molecule has 0 aliphatic heterocycles. The molecule has 1 saturated carbocycles. The number of nitrogens with one attached hydrogen (secondary N) is 1. The number of amides is 1. The van der Waals surface area contributed by atoms with Gasteiger partial charge in [0.25, 0.3) is 0 Å². The summed E-state index contributed by atoms with van der Waals surface area (Å²) in [5, 5.41) is 12.4. The minimum atomic E-state index is -0.0135. The standard InChI is InChI=1S/C21H30N4OS/c1-15-8-7-11-18(16(15)2)22-20(26)14-27-21-24-23-19(25(21)3)13-12-17-9-5-4-6-10-17/h7-8,11,17H,4-6,9-10,12-14H2,1-3H3,(H,22,26). The van der Waals surface area contributed by atoms with E-state index in [1.807, 2.05) is 43.7 Å². The van der Waals surface area contributed by atoms with Gasteiger partial charge >= 0.3 is 0 Å². The van der Waals surface area contributed by atoms with Crippen molar-refractivity contribution in [2.24, 2.45) is 13.0 Å². The first-order valence-electron chi connectivity index (χ1n) is 9.91. The van der Waals surface area contributed by atoms with E-state index in [9.17, 15) is 4.79 Å². The molecule has 0 bridgehead atoms. The number of aromatic nitrogens is 3. The molecule has 1 N–H and O–H groups in total. The second-order valence-electron chi connectivity index (χ2n) is 7.58. The van der Waals surface area contributed by atoms with Crippen molar-refractivity contribution in [1.29, 1.82) is 0 Å². The fourth-order valence-electron chi connectivity index (χ4n) is 3.70. The fraction of sp³-hybridized carbons (Fsp3) is 0.571. The molecule has 146 valence electrons. The van der Waals surface area contributed by atoms with Gasteiger partial charge in [-0.05, 0) is 43.4 Å². The molecule has 0 unspecified atom stereocenters. The number of hydrogen-bond acceptors (Lipinski definition) is 4. The van der Waals surface area contributed by atoms with E-state index in [1.54, 1.807) is 0 Å². The van der Waals surface area contributed by atoms with Crippen LogP contribution >= 0.6 is 11.8 Å². The van der Waals surface area contributed by atoms with Crippen LogP contribution in [0.4, 0.5) is 5.69 Å². The van der Waals surface area contributed by atoms with Crippen molar-refractivity contribution in [3.63, 3.8) is 0 Å². The van der Waals surface area contributed by atoms with Crippen LogP contribution < -0.4 is 5.32 Å². The molecule has 1 aliphatic carbocycles. The Morgan fingerprint density at radius 2 is 2.00 bits per heavy atom. The van der Waals surface area contributed by atoms with Crippen LogP contribution in [0.1, 0.15) is 55.5 Å². The number of hydrogen-bond donors (Lipinski definition) is 1. The van der Waals surface area contributed by atoms with Crippen LogP contribution in [-0.4, -0.2) is 26.4 Å². The van der Waals surface area contributed by atoms with Gasteiger partial charge in [-0.1, -0.05) is 56.0 Å². The van der Waals surface area contributed by atoms with E-state index in [4.69, 9.17) is 0 Å². The van der Waals surface area contributed by atoms with Crippen LogP contribution in [0.15, 0.2) is 23.4 Å². The Balaban J connectivity index is 1.50. The first-order chi connectivity index (χ1) is 13.0. The lowest BCUT2D eigenvalue weighted by Gasteiger charge is -2.20. The predicted octanol–water partition coefficient (Wildman–Crippen LogP) is 4.68. The van der Waals surface area contributed by atoms with Crippen LogP contribution in [0.5, 0.6) is 0 Å². The Morgan fingerprint density at radius 1 is 1.22 bits per heavy atom. The lowest BCUT2D eigenvalue weighted by Crippen LogP contribution is -2.15. The van der Waals surface area contributed by atoms with Crippen LogP contribution in [0, 0.1) is 19.8 Å². The molecule has 1 heterocycles. The molecule has 0 radical (unpaired) electrons. The van der Waals surface area contributed by atoms with E-state index in [0.717, 1.165) is 34.6 Å². The fourth-order valence-corrected chi connectivity index (χ4v) is 4.43. The zero-order chi connectivity index (χ0) is 19.2. The van der Waals surface area contributed by atoms with Gasteiger partial charge in [-0.3, -0.25) is 4.79 Å². The normalized spacial score (nSPS) is 15.1. The molecule has 5 nitrogen and oxygen atoms in total. The van der Waals surface area contributed by atoms with Crippen molar-refractivity contribution in [3.05, 3.63) is 35.2 Å². The van der Waals surface area contributed by atoms with Gasteiger partial charge < -0.3 is 9.88 Å². The molecular formula is C21H30N4OS. The largest absolute Gasteiger partial charge is 0.325 e. The molecule has 0 saturated heterocycles. The van der Waals surface area contributed by atoms with Crippen molar-refractivity contribution in [3.8, 4) is 0 Å². The van der Waals surface area contributed by atoms with Crippen molar-refractivity contribution in [2.45, 2.75) is 63.9 Å². The second-order valence-corrected chi connectivity index (χ2v) is 8.53. The third kappa shape index (κ3) is 5.34. The Morgan fingerprint density at radius 3 is 2.78 bits per heavy atom. The summed E-state index contributed by atoms with van der Waals surface area (Å²) in [6, 6.07) is 5.96. The summed E-state index contributed by atoms with van der Waals surface area (Å²) in [4.78, 5) is 12.3. The van der Waals surface area contributed by atoms with Crippen LogP contribution in [-0.2, 0) is 18.3 Å². The van der Waals surface area contributed by atoms with E-state index < -0.39 is 0 Å². The van der Waals surface area contributed by atoms with Gasteiger partial charge in [0.2, 0.25) is 5.91 Å². The maximum Gasteiger partial charge on any atom is 0.234 e. The molecule has 6 heteroatoms. The third-order valence-corrected chi connectivity index (χ3v) is 6.66. The lowest BCUT2D eigenvalue weighted by molar-refractivity contribution is -0.113. The summed E-state index contributed by atoms with van der Waals surface area (Å²) in [5.74, 6) is 2.19. The molecular weight excluding hydrogens is 356 g/mol. The van der Waals surface area contributed by atoms with Crippen molar-refractivity contribution >= 4 is 23.4 Å². The average Bonchev–Trinajstić information content (AvgIpc) is 3.03. The highest BCUT2D eigenvalue weighted by Crippen LogP contribution is 2.27. The first kappa shape index (κ1) is 19.9. The average molecular weight is 387 g/mol. The maximum atomic E-state index is 12.3. The number of rotatable bonds is 7. The van der Waals surface area contributed by atoms with E-state index in [2.05, 4.69) is 15.5 Å². The summed E-state index contributed by atoms with van der Waals surface area (Å²) in [6.07, 6.45) is 9.04. The number of benzene rings is 1. The lowest BCUT2D eigenvalue weighted by atomic mass is 9.86. The van der Waals surface area contributed by atoms with Crippen LogP contribution in [0.2, 0.25) is 0 Å². The Bertz CT molecular complexity index is 780. The summed E-state index contributed by atoms with van der Waals surface area (Å²) < 4.78 is 2.04. The number of aryl methyl sites for hydroxylation is 2. The zero-order valence-electron chi connectivity index (χ0n) is 16.6. The monoisotopic (exact) mass is 386 g/mol. The topological polar surface area (TPSA) is 59.8 Å². The molecule has 2 aromatic rings. The second kappa shape index (κ2) is 9.40. The molecule has 27 heavy (non-hydrogen) atoms. The van der Waals surface area contributed by atoms with Gasteiger partial charge in [0, 0.05) is 19.2 Å². The number of carbonyl (C=O) groups is 1. The smallest absolute Gasteiger partial charge is 0.234 e. The SMILES string of the molecule is Cc1cccc(NC(=O)CSc2nnc(CCC3CCCCC3)n2C)c1C. The maximum absolute atomic E-state index is 12.3. The van der Waals surface area contributed by atoms with Crippen molar-refractivity contribution < 1.29 is 4.79 Å². The van der Waals surface area contributed by atoms with Gasteiger partial charge in [-0.2, -0.15) is 0 Å². The Kier molecular flexibility index (Phi) is 6.94. The third-order valence-electron chi connectivity index (χ3n) is 5.64. The molecule has 0 spiro atoms. The van der Waals surface area contributed by atoms with Crippen molar-refractivity contribution in [1.82, 2.24) is 14.8 Å². The van der Waals surface area contributed by atoms with Crippen molar-refractivity contribution in [2.75, 3.05) is 11.1 Å². The van der Waals surface area contributed by atoms with Gasteiger partial charge in [-0.15, -0.1) is 10.2 Å². The molecule has 1 aromatic carbocycles. The summed E-state index contributed by atoms with van der Waals surface area (Å²) in [5.41, 5.74) is 3.17. The van der Waals surface area contributed by atoms with Crippen LogP contribution in [0.25, 0.3) is 0 Å². The number of nitrogens with zero attached hydrogens (tertiary/aromatic N) is 3. The van der Waals surface area contributed by atoms with Gasteiger partial charge in [-0.25, -0.2) is 0 Å². The van der Waals surface area contributed by atoms with E-state index in [0.29, 0.717) is 5.75 Å². The van der Waals surface area contributed by atoms with Gasteiger partial charge in [0.05, 0.1) is 5.75 Å². The zero-order valence-corrected chi connectivity index (χ0v) is 17.4. The van der Waals surface area contributed by atoms with Crippen LogP contribution in [0.3, 0.4) is 0 Å².